The molecule has 0 aliphatic heterocycles. The quantitative estimate of drug-likeness (QED) is 0.0739. The van der Waals surface area contributed by atoms with Gasteiger partial charge in [-0.25, -0.2) is 0 Å². The van der Waals surface area contributed by atoms with Gasteiger partial charge in [0.2, 0.25) is 0 Å². The fraction of sp³-hybridized carbons (Fsp3) is 0.543. The van der Waals surface area contributed by atoms with Crippen LogP contribution in [-0.2, 0) is 17.3 Å². The van der Waals surface area contributed by atoms with Gasteiger partial charge in [0.25, 0.3) is 0 Å². The first-order valence-corrected chi connectivity index (χ1v) is 17.4. The Kier molecular flexibility index (Phi) is 17.4. The van der Waals surface area contributed by atoms with E-state index >= 15 is 0 Å². The lowest BCUT2D eigenvalue weighted by atomic mass is 10.0. The highest BCUT2D eigenvalue weighted by Gasteiger charge is 2.45. The number of rotatable bonds is 24. The van der Waals surface area contributed by atoms with Crippen LogP contribution in [0, 0.1) is 0 Å². The first-order valence-electron chi connectivity index (χ1n) is 15.5. The summed E-state index contributed by atoms with van der Waals surface area (Å²) in [6, 6.07) is 17.1. The maximum atomic E-state index is 6.71. The van der Waals surface area contributed by atoms with Crippen LogP contribution < -0.4 is 8.85 Å². The second-order valence-electron chi connectivity index (χ2n) is 10.6. The molecule has 0 N–H and O–H groups in total. The van der Waals surface area contributed by atoms with Crippen molar-refractivity contribution in [2.24, 2.45) is 0 Å². The van der Waals surface area contributed by atoms with Gasteiger partial charge in [-0.15, -0.1) is 13.2 Å². The smallest absolute Gasteiger partial charge is 0.492 e. The Morgan fingerprint density at radius 3 is 1.36 bits per heavy atom. The van der Waals surface area contributed by atoms with E-state index in [0.717, 1.165) is 47.9 Å². The van der Waals surface area contributed by atoms with Crippen molar-refractivity contribution in [3.05, 3.63) is 85.0 Å². The predicted octanol–water partition coefficient (Wildman–Crippen LogP) is 10.7. The van der Waals surface area contributed by atoms with E-state index < -0.39 is 8.80 Å². The Morgan fingerprint density at radius 2 is 0.974 bits per heavy atom. The molecule has 0 unspecified atom stereocenters. The standard InChI is InChI=1S/C35H54O3Si/c1-5-8-9-10-11-12-13-14-15-16-17-18-19-24-31-39(36-4,37-34-29-22-20-27-32(34)25-6-2)38-35-30-23-21-28-33(35)26-7-3/h6-7,20-23,27-30H,2-3,5,8-19,24-26,31H2,1,4H3. The minimum Gasteiger partial charge on any atom is -0.492 e. The number of benzene rings is 2. The summed E-state index contributed by atoms with van der Waals surface area (Å²) in [5, 5.41) is 0. The van der Waals surface area contributed by atoms with Crippen LogP contribution in [0.3, 0.4) is 0 Å². The number of unbranched alkanes of at least 4 members (excludes halogenated alkanes) is 13. The summed E-state index contributed by atoms with van der Waals surface area (Å²) in [5.74, 6) is 1.66. The van der Waals surface area contributed by atoms with Crippen molar-refractivity contribution in [1.29, 1.82) is 0 Å². The number of hydrogen-bond donors (Lipinski definition) is 0. The lowest BCUT2D eigenvalue weighted by molar-refractivity contribution is 0.201. The maximum absolute atomic E-state index is 6.71. The summed E-state index contributed by atoms with van der Waals surface area (Å²) >= 11 is 0. The van der Waals surface area contributed by atoms with Gasteiger partial charge in [-0.2, -0.15) is 0 Å². The normalized spacial score (nSPS) is 11.3. The number of para-hydroxylation sites is 2. The van der Waals surface area contributed by atoms with Gasteiger partial charge in [0.15, 0.2) is 0 Å². The van der Waals surface area contributed by atoms with Gasteiger partial charge in [-0.05, 0) is 42.5 Å². The van der Waals surface area contributed by atoms with Crippen LogP contribution in [0.15, 0.2) is 73.8 Å². The van der Waals surface area contributed by atoms with Crippen LogP contribution in [0.4, 0.5) is 0 Å². The van der Waals surface area contributed by atoms with Crippen molar-refractivity contribution in [2.75, 3.05) is 7.11 Å². The van der Waals surface area contributed by atoms with Crippen LogP contribution in [0.25, 0.3) is 0 Å². The minimum absolute atomic E-state index is 0.746. The average molecular weight is 551 g/mol. The third-order valence-electron chi connectivity index (χ3n) is 7.35. The average Bonchev–Trinajstić information content (AvgIpc) is 2.95. The molecule has 0 radical (unpaired) electrons. The molecule has 0 spiro atoms. The molecule has 0 bridgehead atoms. The van der Waals surface area contributed by atoms with Crippen LogP contribution in [0.5, 0.6) is 11.5 Å². The van der Waals surface area contributed by atoms with Crippen LogP contribution in [0.2, 0.25) is 6.04 Å². The summed E-state index contributed by atoms with van der Waals surface area (Å²) in [6.07, 6.45) is 24.0. The zero-order valence-electron chi connectivity index (χ0n) is 24.9. The highest BCUT2D eigenvalue weighted by Crippen LogP contribution is 2.30. The van der Waals surface area contributed by atoms with E-state index in [1.165, 1.54) is 83.5 Å². The Hall–Kier alpha value is -2.30. The van der Waals surface area contributed by atoms with Crippen molar-refractivity contribution in [3.8, 4) is 11.5 Å². The Labute approximate surface area is 241 Å². The molecule has 0 aliphatic carbocycles. The highest BCUT2D eigenvalue weighted by molar-refractivity contribution is 6.62. The molecule has 0 atom stereocenters. The second kappa shape index (κ2) is 20.6. The second-order valence-corrected chi connectivity index (χ2v) is 13.3. The molecular formula is C35H54O3Si. The Balaban J connectivity index is 1.89. The summed E-state index contributed by atoms with van der Waals surface area (Å²) < 4.78 is 19.6. The molecule has 216 valence electrons. The first-order chi connectivity index (χ1) is 19.2. The summed E-state index contributed by atoms with van der Waals surface area (Å²) in [4.78, 5) is 0. The maximum Gasteiger partial charge on any atom is 0.631 e. The molecule has 0 aromatic heterocycles. The van der Waals surface area contributed by atoms with Gasteiger partial charge in [-0.1, -0.05) is 139 Å². The third-order valence-corrected chi connectivity index (χ3v) is 10.0. The van der Waals surface area contributed by atoms with E-state index in [9.17, 15) is 0 Å². The number of hydrogen-bond acceptors (Lipinski definition) is 3. The van der Waals surface area contributed by atoms with E-state index in [1.807, 2.05) is 48.6 Å². The third kappa shape index (κ3) is 13.1. The molecule has 39 heavy (non-hydrogen) atoms. The van der Waals surface area contributed by atoms with Gasteiger partial charge in [0, 0.05) is 13.2 Å². The summed E-state index contributed by atoms with van der Waals surface area (Å²) in [7, 11) is -1.30. The van der Waals surface area contributed by atoms with E-state index in [2.05, 4.69) is 32.2 Å². The molecule has 0 saturated carbocycles. The fourth-order valence-corrected chi connectivity index (χ4v) is 7.40. The molecule has 0 heterocycles. The van der Waals surface area contributed by atoms with Gasteiger partial charge in [0.1, 0.15) is 11.5 Å². The van der Waals surface area contributed by atoms with Crippen LogP contribution >= 0.6 is 0 Å². The Bertz CT molecular complexity index is 870. The molecule has 2 rings (SSSR count). The van der Waals surface area contributed by atoms with Gasteiger partial charge in [0.05, 0.1) is 0 Å². The largest absolute Gasteiger partial charge is 0.631 e. The summed E-state index contributed by atoms with van der Waals surface area (Å²) in [5.41, 5.74) is 2.20. The molecule has 2 aromatic carbocycles. The van der Waals surface area contributed by atoms with Gasteiger partial charge < -0.3 is 13.3 Å². The molecule has 2 aromatic rings. The Morgan fingerprint density at radius 1 is 0.590 bits per heavy atom. The van der Waals surface area contributed by atoms with E-state index in [0.29, 0.717) is 0 Å². The highest BCUT2D eigenvalue weighted by atomic mass is 28.4. The van der Waals surface area contributed by atoms with Crippen molar-refractivity contribution >= 4 is 8.80 Å². The minimum atomic E-state index is -3.04. The van der Waals surface area contributed by atoms with Crippen LogP contribution in [0.1, 0.15) is 108 Å². The molecular weight excluding hydrogens is 496 g/mol. The van der Waals surface area contributed by atoms with Crippen molar-refractivity contribution in [1.82, 2.24) is 0 Å². The van der Waals surface area contributed by atoms with Gasteiger partial charge >= 0.3 is 8.80 Å². The van der Waals surface area contributed by atoms with E-state index in [4.69, 9.17) is 13.3 Å². The van der Waals surface area contributed by atoms with Crippen molar-refractivity contribution < 1.29 is 13.3 Å². The molecule has 0 amide bonds. The SMILES string of the molecule is C=CCc1ccccc1O[Si](CCCCCCCCCCCCCCCC)(OC)Oc1ccccc1CC=C. The lowest BCUT2D eigenvalue weighted by Gasteiger charge is -2.30. The monoisotopic (exact) mass is 550 g/mol. The molecule has 0 aliphatic rings. The molecule has 3 nitrogen and oxygen atoms in total. The van der Waals surface area contributed by atoms with E-state index in [1.54, 1.807) is 7.11 Å². The fourth-order valence-electron chi connectivity index (χ4n) is 5.03. The zero-order valence-corrected chi connectivity index (χ0v) is 25.9. The summed E-state index contributed by atoms with van der Waals surface area (Å²) in [6.45, 7) is 10.1. The molecule has 0 saturated heterocycles. The first kappa shape index (κ1) is 32.9. The number of allylic oxidation sites excluding steroid dienone is 2. The zero-order chi connectivity index (χ0) is 28.0. The van der Waals surface area contributed by atoms with E-state index in [-0.39, 0.29) is 0 Å². The predicted molar refractivity (Wildman–Crippen MR) is 170 cm³/mol. The molecule has 4 heteroatoms. The van der Waals surface area contributed by atoms with Gasteiger partial charge in [-0.3, -0.25) is 0 Å². The lowest BCUT2D eigenvalue weighted by Crippen LogP contribution is -2.51. The van der Waals surface area contributed by atoms with Crippen molar-refractivity contribution in [2.45, 2.75) is 116 Å². The van der Waals surface area contributed by atoms with Crippen molar-refractivity contribution in [3.63, 3.8) is 0 Å². The van der Waals surface area contributed by atoms with Crippen LogP contribution in [-0.4, -0.2) is 15.9 Å². The topological polar surface area (TPSA) is 27.7 Å². The molecule has 0 fully saturated rings.